The number of methoxy groups -OCH3 is 1. The molecule has 0 heterocycles. The van der Waals surface area contributed by atoms with Gasteiger partial charge in [-0.25, -0.2) is 4.39 Å². The Morgan fingerprint density at radius 2 is 1.88 bits per heavy atom. The van der Waals surface area contributed by atoms with Crippen molar-refractivity contribution in [2.24, 2.45) is 5.92 Å². The first kappa shape index (κ1) is 23.5. The highest BCUT2D eigenvalue weighted by Gasteiger charge is 2.35. The minimum Gasteiger partial charge on any atom is -0.497 e. The lowest BCUT2D eigenvalue weighted by molar-refractivity contribution is 0.335. The topological polar surface area (TPSA) is 58.6 Å². The second-order valence-electron chi connectivity index (χ2n) is 9.74. The predicted molar refractivity (Wildman–Crippen MR) is 127 cm³/mol. The second-order valence-corrected chi connectivity index (χ2v) is 12.2. The number of rotatable bonds is 9. The Morgan fingerprint density at radius 3 is 2.53 bits per heavy atom. The number of ether oxygens (including phenoxy) is 1. The number of hydrogen-bond donors (Lipinski definition) is 2. The summed E-state index contributed by atoms with van der Waals surface area (Å²) in [6, 6.07) is 14.0. The molecule has 0 radical (unpaired) electrons. The zero-order chi connectivity index (χ0) is 22.7. The highest BCUT2D eigenvalue weighted by Crippen LogP contribution is 2.50. The molecule has 0 aromatic heterocycles. The van der Waals surface area contributed by atoms with Gasteiger partial charge in [-0.2, -0.15) is 0 Å². The third-order valence-corrected chi connectivity index (χ3v) is 8.14. The molecule has 2 aliphatic carbocycles. The van der Waals surface area contributed by atoms with Gasteiger partial charge in [-0.05, 0) is 91.2 Å². The lowest BCUT2D eigenvalue weighted by Gasteiger charge is -2.30. The van der Waals surface area contributed by atoms with Gasteiger partial charge in [0, 0.05) is 25.4 Å². The molecule has 0 spiro atoms. The molecule has 4 rings (SSSR count). The van der Waals surface area contributed by atoms with Crippen LogP contribution in [-0.4, -0.2) is 30.9 Å². The van der Waals surface area contributed by atoms with Crippen molar-refractivity contribution in [3.05, 3.63) is 65.0 Å². The maximum Gasteiger partial charge on any atom is 0.198 e. The van der Waals surface area contributed by atoms with Gasteiger partial charge < -0.3 is 14.9 Å². The Morgan fingerprint density at radius 1 is 1.12 bits per heavy atom. The predicted octanol–water partition coefficient (Wildman–Crippen LogP) is 6.04. The van der Waals surface area contributed by atoms with Crippen molar-refractivity contribution in [2.45, 2.75) is 62.9 Å². The van der Waals surface area contributed by atoms with Crippen molar-refractivity contribution in [3.63, 3.8) is 0 Å². The van der Waals surface area contributed by atoms with Gasteiger partial charge >= 0.3 is 0 Å². The lowest BCUT2D eigenvalue weighted by atomic mass is 9.81. The molecular formula is C26H35FNO3P. The minimum atomic E-state index is -3.04. The second kappa shape index (κ2) is 10.1. The molecule has 2 aromatic carbocycles. The SMILES string of the molecule is COc1ccc(F)c([C@H]2CC[C@H](NCc3cccc([C@@H](CP(C)(=O)O)C4CC4)c3)CC2)c1. The van der Waals surface area contributed by atoms with E-state index in [2.05, 4.69) is 29.6 Å². The van der Waals surface area contributed by atoms with Crippen LogP contribution in [0.3, 0.4) is 0 Å². The van der Waals surface area contributed by atoms with Gasteiger partial charge in [0.1, 0.15) is 11.6 Å². The molecule has 2 aromatic rings. The quantitative estimate of drug-likeness (QED) is 0.449. The highest BCUT2D eigenvalue weighted by molar-refractivity contribution is 7.57. The van der Waals surface area contributed by atoms with E-state index < -0.39 is 7.37 Å². The summed E-state index contributed by atoms with van der Waals surface area (Å²) >= 11 is 0. The molecule has 4 nitrogen and oxygen atoms in total. The summed E-state index contributed by atoms with van der Waals surface area (Å²) in [5.41, 5.74) is 3.19. The van der Waals surface area contributed by atoms with Crippen molar-refractivity contribution in [1.82, 2.24) is 5.32 Å². The Labute approximate surface area is 191 Å². The largest absolute Gasteiger partial charge is 0.497 e. The van der Waals surface area contributed by atoms with Gasteiger partial charge in [-0.15, -0.1) is 0 Å². The van der Waals surface area contributed by atoms with Crippen LogP contribution in [0, 0.1) is 11.7 Å². The van der Waals surface area contributed by atoms with Crippen molar-refractivity contribution in [2.75, 3.05) is 19.9 Å². The van der Waals surface area contributed by atoms with Crippen LogP contribution < -0.4 is 10.1 Å². The third kappa shape index (κ3) is 6.21. The molecule has 0 bridgehead atoms. The fraction of sp³-hybridized carbons (Fsp3) is 0.538. The van der Waals surface area contributed by atoms with E-state index >= 15 is 0 Å². The van der Waals surface area contributed by atoms with E-state index in [0.29, 0.717) is 23.9 Å². The van der Waals surface area contributed by atoms with Gasteiger partial charge in [0.25, 0.3) is 0 Å². The Bertz CT molecular complexity index is 963. The number of nitrogens with one attached hydrogen (secondary N) is 1. The van der Waals surface area contributed by atoms with Crippen LogP contribution in [0.15, 0.2) is 42.5 Å². The standard InChI is InChI=1S/C26H35FNO3P/c1-31-23-12-13-26(27)24(15-23)19-8-10-22(11-9-19)28-16-18-4-3-5-21(14-18)25(20-6-7-20)17-32(2,29)30/h3-5,12-15,19-20,22,25,28H,6-11,16-17H2,1-2H3,(H,29,30)/t19-,22-,25-/m0/s1. The van der Waals surface area contributed by atoms with Crippen LogP contribution in [0.25, 0.3) is 0 Å². The minimum absolute atomic E-state index is 0.135. The summed E-state index contributed by atoms with van der Waals surface area (Å²) < 4.78 is 31.6. The first-order valence-electron chi connectivity index (χ1n) is 11.8. The highest BCUT2D eigenvalue weighted by atomic mass is 31.2. The van der Waals surface area contributed by atoms with Crippen LogP contribution in [0.5, 0.6) is 5.75 Å². The third-order valence-electron chi connectivity index (χ3n) is 7.07. The normalized spacial score (nSPS) is 24.0. The van der Waals surface area contributed by atoms with E-state index in [4.69, 9.17) is 4.74 Å². The Kier molecular flexibility index (Phi) is 7.39. The molecule has 0 saturated heterocycles. The molecule has 174 valence electrons. The molecule has 2 atom stereocenters. The average molecular weight is 460 g/mol. The molecule has 1 unspecified atom stereocenters. The first-order valence-corrected chi connectivity index (χ1v) is 14.1. The summed E-state index contributed by atoms with van der Waals surface area (Å²) in [6.07, 6.45) is 6.67. The van der Waals surface area contributed by atoms with Crippen LogP contribution in [0.1, 0.15) is 67.1 Å². The number of hydrogen-bond acceptors (Lipinski definition) is 3. The van der Waals surface area contributed by atoms with E-state index in [-0.39, 0.29) is 17.7 Å². The van der Waals surface area contributed by atoms with Gasteiger partial charge in [0.2, 0.25) is 0 Å². The van der Waals surface area contributed by atoms with E-state index in [1.807, 2.05) is 6.07 Å². The lowest BCUT2D eigenvalue weighted by Crippen LogP contribution is -2.32. The molecule has 2 fully saturated rings. The molecule has 2 aliphatic rings. The van der Waals surface area contributed by atoms with Gasteiger partial charge in [-0.1, -0.05) is 24.3 Å². The Balaban J connectivity index is 1.32. The van der Waals surface area contributed by atoms with Crippen LogP contribution in [0.2, 0.25) is 0 Å². The summed E-state index contributed by atoms with van der Waals surface area (Å²) in [5.74, 6) is 1.55. The van der Waals surface area contributed by atoms with Crippen molar-refractivity contribution in [3.8, 4) is 5.75 Å². The summed E-state index contributed by atoms with van der Waals surface area (Å²) in [6.45, 7) is 2.26. The molecule has 2 N–H and O–H groups in total. The maximum atomic E-state index is 14.3. The van der Waals surface area contributed by atoms with Gasteiger partial charge in [0.05, 0.1) is 7.11 Å². The van der Waals surface area contributed by atoms with E-state index in [1.54, 1.807) is 13.2 Å². The summed E-state index contributed by atoms with van der Waals surface area (Å²) in [4.78, 5) is 9.93. The molecule has 2 saturated carbocycles. The molecule has 32 heavy (non-hydrogen) atoms. The van der Waals surface area contributed by atoms with Gasteiger partial charge in [-0.3, -0.25) is 4.57 Å². The number of benzene rings is 2. The molecule has 6 heteroatoms. The van der Waals surface area contributed by atoms with Crippen molar-refractivity contribution < 1.29 is 18.6 Å². The van der Waals surface area contributed by atoms with Crippen molar-refractivity contribution >= 4 is 7.37 Å². The van der Waals surface area contributed by atoms with E-state index in [1.165, 1.54) is 23.9 Å². The Hall–Kier alpha value is -1.68. The molecular weight excluding hydrogens is 424 g/mol. The molecule has 0 aliphatic heterocycles. The number of halogens is 1. The zero-order valence-corrected chi connectivity index (χ0v) is 20.0. The summed E-state index contributed by atoms with van der Waals surface area (Å²) in [7, 11) is -1.43. The van der Waals surface area contributed by atoms with Gasteiger partial charge in [0.15, 0.2) is 7.37 Å². The van der Waals surface area contributed by atoms with Crippen LogP contribution in [-0.2, 0) is 11.1 Å². The van der Waals surface area contributed by atoms with E-state index in [0.717, 1.165) is 50.6 Å². The van der Waals surface area contributed by atoms with Crippen LogP contribution in [0.4, 0.5) is 4.39 Å². The van der Waals surface area contributed by atoms with Crippen LogP contribution >= 0.6 is 7.37 Å². The fourth-order valence-electron chi connectivity index (χ4n) is 5.16. The summed E-state index contributed by atoms with van der Waals surface area (Å²) in [5, 5.41) is 3.68. The maximum absolute atomic E-state index is 14.3. The zero-order valence-electron chi connectivity index (χ0n) is 19.1. The first-order chi connectivity index (χ1) is 15.3. The van der Waals surface area contributed by atoms with E-state index in [9.17, 15) is 13.8 Å². The fourth-order valence-corrected chi connectivity index (χ4v) is 6.40. The molecule has 0 amide bonds. The average Bonchev–Trinajstić information content (AvgIpc) is 3.62. The monoisotopic (exact) mass is 459 g/mol. The smallest absolute Gasteiger partial charge is 0.198 e. The van der Waals surface area contributed by atoms with Crippen molar-refractivity contribution in [1.29, 1.82) is 0 Å².